The first-order chi connectivity index (χ1) is 17.4. The third-order valence-corrected chi connectivity index (χ3v) is 7.33. The van der Waals surface area contributed by atoms with Crippen molar-refractivity contribution in [3.63, 3.8) is 0 Å². The second-order valence-electron chi connectivity index (χ2n) is 9.06. The number of carbonyl (C=O) groups is 4. The first-order valence-corrected chi connectivity index (χ1v) is 13.1. The van der Waals surface area contributed by atoms with Gasteiger partial charge in [0.05, 0.1) is 4.34 Å². The van der Waals surface area contributed by atoms with Gasteiger partial charge in [0, 0.05) is 44.9 Å². The zero-order valence-electron chi connectivity index (χ0n) is 21.4. The van der Waals surface area contributed by atoms with E-state index in [1.54, 1.807) is 0 Å². The number of esters is 4. The van der Waals surface area contributed by atoms with Crippen molar-refractivity contribution in [1.82, 2.24) is 0 Å². The lowest BCUT2D eigenvalue weighted by atomic mass is 9.80. The van der Waals surface area contributed by atoms with E-state index in [1.807, 2.05) is 31.2 Å². The molecule has 11 heteroatoms. The molecule has 1 aliphatic carbocycles. The summed E-state index contributed by atoms with van der Waals surface area (Å²) >= 11 is 7.62. The molecule has 0 saturated carbocycles. The first-order valence-electron chi connectivity index (χ1n) is 11.9. The Hall–Kier alpha value is -2.69. The predicted octanol–water partition coefficient (Wildman–Crippen LogP) is 3.96. The number of thiophene rings is 1. The van der Waals surface area contributed by atoms with Crippen LogP contribution < -0.4 is 0 Å². The van der Waals surface area contributed by atoms with E-state index >= 15 is 0 Å². The standard InChI is InChI=1S/C26H31ClO9S/c1-13-6-7-18(10-19(13)11-20-8-9-22(27)37-20)23-25(34-16(4)30)26(35-17(5)31)24(33-15(3)29)21(36-23)12-32-14(2)28/h6-9,18,21,23-26H,10-12H2,1-5H3/t18?,21?,23-,24+,25-,26-/m0/s1. The highest BCUT2D eigenvalue weighted by atomic mass is 35.5. The highest BCUT2D eigenvalue weighted by molar-refractivity contribution is 7.16. The molecular formula is C26H31ClO9S. The summed E-state index contributed by atoms with van der Waals surface area (Å²) in [6.07, 6.45) is 0.0314. The minimum absolute atomic E-state index is 0.250. The van der Waals surface area contributed by atoms with E-state index in [0.29, 0.717) is 17.2 Å². The van der Waals surface area contributed by atoms with Crippen LogP contribution in [0.2, 0.25) is 4.34 Å². The molecule has 0 radical (unpaired) electrons. The van der Waals surface area contributed by atoms with Crippen molar-refractivity contribution in [1.29, 1.82) is 0 Å². The van der Waals surface area contributed by atoms with Gasteiger partial charge in [-0.15, -0.1) is 11.3 Å². The van der Waals surface area contributed by atoms with Gasteiger partial charge in [0.2, 0.25) is 0 Å². The van der Waals surface area contributed by atoms with Crippen LogP contribution in [0.15, 0.2) is 35.4 Å². The van der Waals surface area contributed by atoms with Gasteiger partial charge in [-0.25, -0.2) is 0 Å². The lowest BCUT2D eigenvalue weighted by molar-refractivity contribution is -0.258. The summed E-state index contributed by atoms with van der Waals surface area (Å²) in [5.41, 5.74) is 2.25. The van der Waals surface area contributed by atoms with Crippen LogP contribution in [0, 0.1) is 5.92 Å². The smallest absolute Gasteiger partial charge is 0.303 e. The molecule has 0 amide bonds. The van der Waals surface area contributed by atoms with Crippen molar-refractivity contribution in [2.24, 2.45) is 5.92 Å². The fourth-order valence-electron chi connectivity index (χ4n) is 4.60. The van der Waals surface area contributed by atoms with Crippen molar-refractivity contribution in [3.8, 4) is 0 Å². The van der Waals surface area contributed by atoms with Gasteiger partial charge >= 0.3 is 23.9 Å². The molecule has 1 fully saturated rings. The van der Waals surface area contributed by atoms with Crippen molar-refractivity contribution < 1.29 is 42.9 Å². The van der Waals surface area contributed by atoms with Crippen molar-refractivity contribution >= 4 is 46.8 Å². The minimum atomic E-state index is -1.18. The van der Waals surface area contributed by atoms with Gasteiger partial charge in [0.25, 0.3) is 0 Å². The molecule has 3 rings (SSSR count). The number of carbonyl (C=O) groups excluding carboxylic acids is 4. The summed E-state index contributed by atoms with van der Waals surface area (Å²) in [6, 6.07) is 3.84. The maximum Gasteiger partial charge on any atom is 0.303 e. The monoisotopic (exact) mass is 554 g/mol. The molecule has 1 aliphatic heterocycles. The van der Waals surface area contributed by atoms with E-state index in [-0.39, 0.29) is 12.5 Å². The lowest BCUT2D eigenvalue weighted by Crippen LogP contribution is -2.63. The zero-order chi connectivity index (χ0) is 27.3. The molecule has 202 valence electrons. The van der Waals surface area contributed by atoms with Gasteiger partial charge in [0.15, 0.2) is 18.3 Å². The lowest BCUT2D eigenvalue weighted by Gasteiger charge is -2.46. The second-order valence-corrected chi connectivity index (χ2v) is 10.9. The van der Waals surface area contributed by atoms with Gasteiger partial charge in [0.1, 0.15) is 18.8 Å². The van der Waals surface area contributed by atoms with Gasteiger partial charge in [-0.1, -0.05) is 34.9 Å². The molecule has 0 bridgehead atoms. The SMILES string of the molecule is CC(=O)OCC1O[C@@H](C2C=CC(C)=C(Cc3ccc(Cl)s3)C2)[C@H](OC(C)=O)[C@@H](OC(C)=O)[C@@H]1OC(C)=O. The molecule has 2 unspecified atom stereocenters. The molecule has 9 nitrogen and oxygen atoms in total. The Balaban J connectivity index is 1.96. The third kappa shape index (κ3) is 7.90. The zero-order valence-corrected chi connectivity index (χ0v) is 22.9. The van der Waals surface area contributed by atoms with Gasteiger partial charge < -0.3 is 23.7 Å². The summed E-state index contributed by atoms with van der Waals surface area (Å²) in [5, 5.41) is 0. The summed E-state index contributed by atoms with van der Waals surface area (Å²) in [4.78, 5) is 48.8. The van der Waals surface area contributed by atoms with E-state index in [1.165, 1.54) is 39.0 Å². The van der Waals surface area contributed by atoms with Crippen molar-refractivity contribution in [2.45, 2.75) is 78.0 Å². The fourth-order valence-corrected chi connectivity index (χ4v) is 5.73. The number of halogens is 1. The second kappa shape index (κ2) is 12.7. The average Bonchev–Trinajstić information content (AvgIpc) is 3.20. The van der Waals surface area contributed by atoms with Crippen molar-refractivity contribution in [2.75, 3.05) is 6.61 Å². The van der Waals surface area contributed by atoms with Crippen LogP contribution in [-0.2, 0) is 49.3 Å². The molecular weight excluding hydrogens is 524 g/mol. The number of ether oxygens (including phenoxy) is 5. The van der Waals surface area contributed by atoms with E-state index in [2.05, 4.69) is 0 Å². The molecule has 1 saturated heterocycles. The van der Waals surface area contributed by atoms with E-state index in [4.69, 9.17) is 35.3 Å². The maximum absolute atomic E-state index is 12.1. The van der Waals surface area contributed by atoms with Crippen LogP contribution in [0.3, 0.4) is 0 Å². The number of allylic oxidation sites excluding steroid dienone is 3. The van der Waals surface area contributed by atoms with Crippen LogP contribution in [0.4, 0.5) is 0 Å². The van der Waals surface area contributed by atoms with Crippen LogP contribution in [0.1, 0.15) is 45.9 Å². The molecule has 1 aromatic heterocycles. The maximum atomic E-state index is 12.1. The molecule has 0 aromatic carbocycles. The predicted molar refractivity (Wildman–Crippen MR) is 135 cm³/mol. The van der Waals surface area contributed by atoms with Crippen LogP contribution in [0.25, 0.3) is 0 Å². The van der Waals surface area contributed by atoms with Crippen LogP contribution >= 0.6 is 22.9 Å². The van der Waals surface area contributed by atoms with E-state index in [9.17, 15) is 19.2 Å². The summed E-state index contributed by atoms with van der Waals surface area (Å²) in [6.45, 7) is 6.65. The molecule has 2 aliphatic rings. The largest absolute Gasteiger partial charge is 0.463 e. The molecule has 2 heterocycles. The normalized spacial score (nSPS) is 27.4. The Labute approximate surface area is 224 Å². The van der Waals surface area contributed by atoms with E-state index in [0.717, 1.165) is 16.0 Å². The van der Waals surface area contributed by atoms with Crippen molar-refractivity contribution in [3.05, 3.63) is 44.6 Å². The Morgan fingerprint density at radius 2 is 1.57 bits per heavy atom. The molecule has 0 N–H and O–H groups in total. The summed E-state index contributed by atoms with van der Waals surface area (Å²) in [7, 11) is 0. The van der Waals surface area contributed by atoms with E-state index < -0.39 is 54.4 Å². The minimum Gasteiger partial charge on any atom is -0.463 e. The third-order valence-electron chi connectivity index (χ3n) is 6.10. The number of hydrogen-bond donors (Lipinski definition) is 0. The summed E-state index contributed by atoms with van der Waals surface area (Å²) in [5.74, 6) is -2.77. The number of hydrogen-bond acceptors (Lipinski definition) is 10. The Bertz CT molecular complexity index is 1090. The van der Waals surface area contributed by atoms with Crippen LogP contribution in [-0.4, -0.2) is 61.0 Å². The van der Waals surface area contributed by atoms with Gasteiger partial charge in [-0.3, -0.25) is 19.2 Å². The first kappa shape index (κ1) is 28.9. The van der Waals surface area contributed by atoms with Crippen LogP contribution in [0.5, 0.6) is 0 Å². The highest BCUT2D eigenvalue weighted by Gasteiger charge is 2.53. The number of rotatable bonds is 8. The van der Waals surface area contributed by atoms with Gasteiger partial charge in [-0.2, -0.15) is 0 Å². The Morgan fingerprint density at radius 1 is 0.946 bits per heavy atom. The average molecular weight is 555 g/mol. The van der Waals surface area contributed by atoms with Gasteiger partial charge in [-0.05, 0) is 25.5 Å². The molecule has 37 heavy (non-hydrogen) atoms. The summed E-state index contributed by atoms with van der Waals surface area (Å²) < 4.78 is 28.9. The Kier molecular flexibility index (Phi) is 9.92. The fraction of sp³-hybridized carbons (Fsp3) is 0.538. The highest BCUT2D eigenvalue weighted by Crippen LogP contribution is 2.38. The molecule has 0 spiro atoms. The topological polar surface area (TPSA) is 114 Å². The quantitative estimate of drug-likeness (QED) is 0.348. The molecule has 6 atom stereocenters. The molecule has 1 aromatic rings. The Morgan fingerprint density at radius 3 is 2.14 bits per heavy atom.